The van der Waals surface area contributed by atoms with E-state index in [0.717, 1.165) is 26.4 Å². The van der Waals surface area contributed by atoms with Crippen molar-refractivity contribution in [1.82, 2.24) is 4.98 Å². The monoisotopic (exact) mass is 389 g/mol. The molecule has 0 unspecified atom stereocenters. The summed E-state index contributed by atoms with van der Waals surface area (Å²) in [6, 6.07) is 19.1. The number of anilines is 1. The van der Waals surface area contributed by atoms with Gasteiger partial charge in [0, 0.05) is 28.1 Å². The van der Waals surface area contributed by atoms with E-state index in [4.69, 9.17) is 0 Å². The van der Waals surface area contributed by atoms with E-state index >= 15 is 0 Å². The summed E-state index contributed by atoms with van der Waals surface area (Å²) >= 11 is 1.61. The van der Waals surface area contributed by atoms with E-state index in [-0.39, 0.29) is 11.6 Å². The molecule has 7 heteroatoms. The van der Waals surface area contributed by atoms with Crippen molar-refractivity contribution >= 4 is 39.5 Å². The number of fused-ring (bicyclic) bond motifs is 1. The zero-order chi connectivity index (χ0) is 19.7. The summed E-state index contributed by atoms with van der Waals surface area (Å²) in [5, 5.41) is 14.5. The predicted octanol–water partition coefficient (Wildman–Crippen LogP) is 5.43. The molecule has 0 fully saturated rings. The fourth-order valence-corrected chi connectivity index (χ4v) is 3.79. The Morgan fingerprint density at radius 2 is 1.89 bits per heavy atom. The fraction of sp³-hybridized carbons (Fsp3) is 0.0476. The van der Waals surface area contributed by atoms with Crippen molar-refractivity contribution in [2.75, 3.05) is 5.32 Å². The molecule has 0 aliphatic carbocycles. The van der Waals surface area contributed by atoms with Crippen molar-refractivity contribution in [2.24, 2.45) is 0 Å². The third-order valence-electron chi connectivity index (χ3n) is 4.27. The van der Waals surface area contributed by atoms with E-state index in [1.807, 2.05) is 43.3 Å². The molecular weight excluding hydrogens is 374 g/mol. The van der Waals surface area contributed by atoms with Gasteiger partial charge in [-0.1, -0.05) is 24.3 Å². The maximum absolute atomic E-state index is 13.0. The van der Waals surface area contributed by atoms with Gasteiger partial charge < -0.3 is 5.32 Å². The van der Waals surface area contributed by atoms with E-state index < -0.39 is 4.92 Å². The van der Waals surface area contributed by atoms with Gasteiger partial charge in [-0.25, -0.2) is 4.98 Å². The number of thiophene rings is 1. The van der Waals surface area contributed by atoms with Gasteiger partial charge in [0.25, 0.3) is 11.6 Å². The highest BCUT2D eigenvalue weighted by molar-refractivity contribution is 7.15. The van der Waals surface area contributed by atoms with Gasteiger partial charge in [-0.2, -0.15) is 0 Å². The zero-order valence-electron chi connectivity index (χ0n) is 14.9. The van der Waals surface area contributed by atoms with Crippen LogP contribution in [0, 0.1) is 17.0 Å². The van der Waals surface area contributed by atoms with Gasteiger partial charge in [-0.3, -0.25) is 14.9 Å². The lowest BCUT2D eigenvalue weighted by atomic mass is 10.1. The van der Waals surface area contributed by atoms with Crippen LogP contribution < -0.4 is 5.32 Å². The number of aryl methyl sites for hydroxylation is 1. The quantitative estimate of drug-likeness (QED) is 0.372. The van der Waals surface area contributed by atoms with Crippen LogP contribution in [0.15, 0.2) is 66.7 Å². The van der Waals surface area contributed by atoms with Crippen molar-refractivity contribution in [3.8, 4) is 10.6 Å². The molecule has 2 aromatic heterocycles. The number of nitro benzene ring substituents is 1. The molecule has 1 amide bonds. The SMILES string of the molecule is Cc1ccc(-c2cc(C(=O)Nc3cccc([N+](=O)[O-])c3)c3ccccc3n2)s1. The molecule has 0 atom stereocenters. The van der Waals surface area contributed by atoms with E-state index in [1.165, 1.54) is 18.2 Å². The molecule has 28 heavy (non-hydrogen) atoms. The minimum Gasteiger partial charge on any atom is -0.322 e. The summed E-state index contributed by atoms with van der Waals surface area (Å²) in [6.45, 7) is 2.02. The maximum atomic E-state index is 13.0. The smallest absolute Gasteiger partial charge is 0.271 e. The number of amides is 1. The second-order valence-corrected chi connectivity index (χ2v) is 7.53. The standard InChI is InChI=1S/C21H15N3O3S/c1-13-9-10-20(28-13)19-12-17(16-7-2-3-8-18(16)23-19)21(25)22-14-5-4-6-15(11-14)24(26)27/h2-12H,1H3,(H,22,25). The molecule has 0 radical (unpaired) electrons. The van der Waals surface area contributed by atoms with Crippen LogP contribution in [-0.2, 0) is 0 Å². The lowest BCUT2D eigenvalue weighted by Gasteiger charge is -2.10. The zero-order valence-corrected chi connectivity index (χ0v) is 15.7. The third kappa shape index (κ3) is 3.47. The van der Waals surface area contributed by atoms with Crippen LogP contribution in [0.4, 0.5) is 11.4 Å². The number of carbonyl (C=O) groups is 1. The first-order chi connectivity index (χ1) is 13.5. The van der Waals surface area contributed by atoms with Gasteiger partial charge in [0.15, 0.2) is 0 Å². The second kappa shape index (κ2) is 7.21. The van der Waals surface area contributed by atoms with E-state index in [1.54, 1.807) is 23.5 Å². The topological polar surface area (TPSA) is 85.1 Å². The summed E-state index contributed by atoms with van der Waals surface area (Å²) in [7, 11) is 0. The lowest BCUT2D eigenvalue weighted by molar-refractivity contribution is -0.384. The minimum atomic E-state index is -0.491. The van der Waals surface area contributed by atoms with Crippen LogP contribution in [0.2, 0.25) is 0 Å². The van der Waals surface area contributed by atoms with Crippen molar-refractivity contribution in [3.05, 3.63) is 87.3 Å². The largest absolute Gasteiger partial charge is 0.322 e. The number of non-ortho nitro benzene ring substituents is 1. The van der Waals surface area contributed by atoms with Crippen LogP contribution >= 0.6 is 11.3 Å². The summed E-state index contributed by atoms with van der Waals surface area (Å²) in [5.74, 6) is -0.339. The van der Waals surface area contributed by atoms with Gasteiger partial charge in [-0.05, 0) is 37.3 Å². The Kier molecular flexibility index (Phi) is 4.58. The third-order valence-corrected chi connectivity index (χ3v) is 5.29. The average Bonchev–Trinajstić information content (AvgIpc) is 3.13. The van der Waals surface area contributed by atoms with Crippen LogP contribution in [0.3, 0.4) is 0 Å². The van der Waals surface area contributed by atoms with Crippen LogP contribution in [-0.4, -0.2) is 15.8 Å². The molecule has 0 saturated carbocycles. The van der Waals surface area contributed by atoms with Crippen molar-refractivity contribution < 1.29 is 9.72 Å². The maximum Gasteiger partial charge on any atom is 0.271 e. The first-order valence-corrected chi connectivity index (χ1v) is 9.35. The molecule has 2 aromatic carbocycles. The Morgan fingerprint density at radius 1 is 1.07 bits per heavy atom. The number of nitrogens with one attached hydrogen (secondary N) is 1. The Hall–Kier alpha value is -3.58. The molecule has 0 spiro atoms. The van der Waals surface area contributed by atoms with E-state index in [2.05, 4.69) is 10.3 Å². The number of nitro groups is 1. The van der Waals surface area contributed by atoms with E-state index in [9.17, 15) is 14.9 Å². The molecule has 138 valence electrons. The first kappa shape index (κ1) is 17.8. The predicted molar refractivity (Wildman–Crippen MR) is 111 cm³/mol. The summed E-state index contributed by atoms with van der Waals surface area (Å²) < 4.78 is 0. The number of benzene rings is 2. The number of hydrogen-bond donors (Lipinski definition) is 1. The number of nitrogens with zero attached hydrogens (tertiary/aromatic N) is 2. The molecule has 1 N–H and O–H groups in total. The molecule has 2 heterocycles. The van der Waals surface area contributed by atoms with Gasteiger partial charge in [0.2, 0.25) is 0 Å². The molecular formula is C21H15N3O3S. The van der Waals surface area contributed by atoms with Crippen molar-refractivity contribution in [3.63, 3.8) is 0 Å². The van der Waals surface area contributed by atoms with Crippen LogP contribution in [0.5, 0.6) is 0 Å². The van der Waals surface area contributed by atoms with Crippen molar-refractivity contribution in [2.45, 2.75) is 6.92 Å². The number of para-hydroxylation sites is 1. The highest BCUT2D eigenvalue weighted by Gasteiger charge is 2.16. The number of rotatable bonds is 4. The Labute approximate surface area is 164 Å². The van der Waals surface area contributed by atoms with Gasteiger partial charge in [0.05, 0.1) is 26.6 Å². The lowest BCUT2D eigenvalue weighted by Crippen LogP contribution is -2.13. The molecule has 0 bridgehead atoms. The Balaban J connectivity index is 1.77. The summed E-state index contributed by atoms with van der Waals surface area (Å²) in [5.41, 5.74) is 2.20. The molecule has 4 aromatic rings. The molecule has 4 rings (SSSR count). The number of aromatic nitrogens is 1. The average molecular weight is 389 g/mol. The first-order valence-electron chi connectivity index (χ1n) is 8.54. The summed E-state index contributed by atoms with van der Waals surface area (Å²) in [4.78, 5) is 30.3. The highest BCUT2D eigenvalue weighted by Crippen LogP contribution is 2.30. The minimum absolute atomic E-state index is 0.0767. The van der Waals surface area contributed by atoms with Gasteiger partial charge >= 0.3 is 0 Å². The van der Waals surface area contributed by atoms with E-state index in [0.29, 0.717) is 11.3 Å². The Bertz CT molecular complexity index is 1220. The second-order valence-electron chi connectivity index (χ2n) is 6.24. The van der Waals surface area contributed by atoms with Gasteiger partial charge in [-0.15, -0.1) is 11.3 Å². The molecule has 0 saturated heterocycles. The molecule has 0 aliphatic heterocycles. The highest BCUT2D eigenvalue weighted by atomic mass is 32.1. The number of hydrogen-bond acceptors (Lipinski definition) is 5. The molecule has 6 nitrogen and oxygen atoms in total. The fourth-order valence-electron chi connectivity index (χ4n) is 2.96. The van der Waals surface area contributed by atoms with Gasteiger partial charge in [0.1, 0.15) is 0 Å². The number of carbonyl (C=O) groups excluding carboxylic acids is 1. The normalized spacial score (nSPS) is 10.8. The van der Waals surface area contributed by atoms with Crippen LogP contribution in [0.1, 0.15) is 15.2 Å². The summed E-state index contributed by atoms with van der Waals surface area (Å²) in [6.07, 6.45) is 0. The molecule has 0 aliphatic rings. The Morgan fingerprint density at radius 3 is 2.64 bits per heavy atom. The van der Waals surface area contributed by atoms with Crippen molar-refractivity contribution in [1.29, 1.82) is 0 Å². The van der Waals surface area contributed by atoms with Crippen LogP contribution in [0.25, 0.3) is 21.5 Å². The number of pyridine rings is 1.